The van der Waals surface area contributed by atoms with Crippen molar-refractivity contribution in [1.29, 1.82) is 0 Å². The molecule has 3 N–H and O–H groups in total. The number of amides is 1. The van der Waals surface area contributed by atoms with E-state index < -0.39 is 0 Å². The van der Waals surface area contributed by atoms with Gasteiger partial charge in [0.1, 0.15) is 0 Å². The SMILES string of the molecule is C=C/C(=C\C=C(\N)COC)C(=O)NC1CCN(C)CC1.CC.CCC. The minimum absolute atomic E-state index is 0.101. The Morgan fingerprint density at radius 1 is 1.28 bits per heavy atom. The second-order valence-corrected chi connectivity index (χ2v) is 5.76. The smallest absolute Gasteiger partial charge is 0.251 e. The van der Waals surface area contributed by atoms with Crippen LogP contribution in [0, 0.1) is 0 Å². The van der Waals surface area contributed by atoms with Gasteiger partial charge in [0.25, 0.3) is 5.91 Å². The van der Waals surface area contributed by atoms with Crippen LogP contribution in [0.2, 0.25) is 0 Å². The number of allylic oxidation sites excluding steroid dienone is 2. The molecule has 0 bridgehead atoms. The Balaban J connectivity index is 0. The Labute approximate surface area is 155 Å². The van der Waals surface area contributed by atoms with Crippen LogP contribution in [0.1, 0.15) is 47.0 Å². The van der Waals surface area contributed by atoms with Crippen molar-refractivity contribution in [1.82, 2.24) is 10.2 Å². The third-order valence-corrected chi connectivity index (χ3v) is 3.32. The fourth-order valence-corrected chi connectivity index (χ4v) is 2.07. The average Bonchev–Trinajstić information content (AvgIpc) is 2.60. The lowest BCUT2D eigenvalue weighted by molar-refractivity contribution is -0.118. The summed E-state index contributed by atoms with van der Waals surface area (Å²) in [7, 11) is 3.67. The summed E-state index contributed by atoms with van der Waals surface area (Å²) in [6, 6.07) is 0.238. The van der Waals surface area contributed by atoms with Crippen LogP contribution in [0.3, 0.4) is 0 Å². The van der Waals surface area contributed by atoms with E-state index in [-0.39, 0.29) is 11.9 Å². The first-order valence-corrected chi connectivity index (χ1v) is 9.25. The van der Waals surface area contributed by atoms with E-state index in [1.54, 1.807) is 25.3 Å². The molecule has 0 saturated carbocycles. The van der Waals surface area contributed by atoms with E-state index in [1.165, 1.54) is 6.42 Å². The van der Waals surface area contributed by atoms with Crippen molar-refractivity contribution in [3.8, 4) is 0 Å². The standard InChI is InChI=1S/C15H25N3O2.C3H8.C2H6/c1-4-12(5-6-13(16)11-20-3)15(19)17-14-7-9-18(2)10-8-14;1-3-2;1-2/h4-6,14H,1,7-11,16H2,2-3H3,(H,17,19);3H2,1-2H3;1-2H3/b12-5+,13-6+;;. The van der Waals surface area contributed by atoms with Gasteiger partial charge in [0, 0.05) is 24.4 Å². The summed E-state index contributed by atoms with van der Waals surface area (Å²) in [5.74, 6) is -0.101. The van der Waals surface area contributed by atoms with E-state index in [1.807, 2.05) is 13.8 Å². The number of carbonyl (C=O) groups is 1. The van der Waals surface area contributed by atoms with E-state index in [9.17, 15) is 4.79 Å². The van der Waals surface area contributed by atoms with Crippen molar-refractivity contribution in [2.24, 2.45) is 5.73 Å². The number of nitrogens with zero attached hydrogens (tertiary/aromatic N) is 1. The average molecular weight is 354 g/mol. The molecule has 0 spiro atoms. The molecule has 146 valence electrons. The van der Waals surface area contributed by atoms with Gasteiger partial charge in [0.05, 0.1) is 6.61 Å². The Morgan fingerprint density at radius 2 is 1.80 bits per heavy atom. The first-order chi connectivity index (χ1) is 12.0. The molecule has 1 fully saturated rings. The molecule has 0 aliphatic carbocycles. The zero-order chi connectivity index (χ0) is 19.7. The largest absolute Gasteiger partial charge is 0.400 e. The van der Waals surface area contributed by atoms with Crippen LogP contribution in [-0.2, 0) is 9.53 Å². The van der Waals surface area contributed by atoms with Gasteiger partial charge in [-0.1, -0.05) is 46.8 Å². The van der Waals surface area contributed by atoms with Crippen LogP contribution in [0.15, 0.2) is 36.1 Å². The van der Waals surface area contributed by atoms with Gasteiger partial charge in [0.15, 0.2) is 0 Å². The highest BCUT2D eigenvalue weighted by atomic mass is 16.5. The molecular weight excluding hydrogens is 314 g/mol. The number of nitrogens with one attached hydrogen (secondary N) is 1. The molecule has 0 atom stereocenters. The van der Waals surface area contributed by atoms with Crippen molar-refractivity contribution >= 4 is 5.91 Å². The summed E-state index contributed by atoms with van der Waals surface area (Å²) in [5, 5.41) is 3.04. The first-order valence-electron chi connectivity index (χ1n) is 9.25. The van der Waals surface area contributed by atoms with Crippen LogP contribution in [0.25, 0.3) is 0 Å². The minimum Gasteiger partial charge on any atom is -0.400 e. The minimum atomic E-state index is -0.101. The van der Waals surface area contributed by atoms with Gasteiger partial charge in [0.2, 0.25) is 0 Å². The van der Waals surface area contributed by atoms with Gasteiger partial charge in [-0.3, -0.25) is 4.79 Å². The molecule has 0 unspecified atom stereocenters. The van der Waals surface area contributed by atoms with Crippen LogP contribution < -0.4 is 11.1 Å². The topological polar surface area (TPSA) is 67.6 Å². The number of nitrogens with two attached hydrogens (primary N) is 1. The highest BCUT2D eigenvalue weighted by Gasteiger charge is 2.19. The van der Waals surface area contributed by atoms with Crippen molar-refractivity contribution in [3.63, 3.8) is 0 Å². The maximum Gasteiger partial charge on any atom is 0.251 e. The molecule has 1 aliphatic rings. The Kier molecular flexibility index (Phi) is 17.7. The van der Waals surface area contributed by atoms with Crippen LogP contribution >= 0.6 is 0 Å². The molecule has 1 aliphatic heterocycles. The highest BCUT2D eigenvalue weighted by molar-refractivity contribution is 5.96. The molecule has 0 radical (unpaired) electrons. The van der Waals surface area contributed by atoms with Gasteiger partial charge < -0.3 is 20.7 Å². The van der Waals surface area contributed by atoms with Crippen molar-refractivity contribution in [3.05, 3.63) is 36.1 Å². The molecule has 0 aromatic heterocycles. The molecule has 25 heavy (non-hydrogen) atoms. The predicted molar refractivity (Wildman–Crippen MR) is 108 cm³/mol. The maximum absolute atomic E-state index is 12.1. The fraction of sp³-hybridized carbons (Fsp3) is 0.650. The number of likely N-dealkylation sites (tertiary alicyclic amines) is 1. The molecule has 1 saturated heterocycles. The highest BCUT2D eigenvalue weighted by Crippen LogP contribution is 2.09. The van der Waals surface area contributed by atoms with Crippen molar-refractivity contribution in [2.75, 3.05) is 33.9 Å². The number of methoxy groups -OCH3 is 1. The van der Waals surface area contributed by atoms with Crippen molar-refractivity contribution < 1.29 is 9.53 Å². The van der Waals surface area contributed by atoms with Crippen LogP contribution in [0.4, 0.5) is 0 Å². The van der Waals surface area contributed by atoms with E-state index in [0.29, 0.717) is 17.9 Å². The third-order valence-electron chi connectivity index (χ3n) is 3.32. The lowest BCUT2D eigenvalue weighted by Gasteiger charge is -2.29. The monoisotopic (exact) mass is 353 g/mol. The Bertz CT molecular complexity index is 409. The number of carbonyl (C=O) groups excluding carboxylic acids is 1. The third kappa shape index (κ3) is 13.4. The maximum atomic E-state index is 12.1. The van der Waals surface area contributed by atoms with E-state index >= 15 is 0 Å². The summed E-state index contributed by atoms with van der Waals surface area (Å²) in [6.45, 7) is 14.3. The lowest BCUT2D eigenvalue weighted by atomic mass is 10.0. The summed E-state index contributed by atoms with van der Waals surface area (Å²) in [4.78, 5) is 14.4. The predicted octanol–water partition coefficient (Wildman–Crippen LogP) is 3.24. The number of rotatable bonds is 6. The molecule has 1 heterocycles. The normalized spacial score (nSPS) is 16.1. The lowest BCUT2D eigenvalue weighted by Crippen LogP contribution is -2.43. The molecule has 0 aromatic carbocycles. The molecule has 5 heteroatoms. The first kappa shape index (κ1) is 25.6. The van der Waals surface area contributed by atoms with Crippen LogP contribution in [0.5, 0.6) is 0 Å². The van der Waals surface area contributed by atoms with Gasteiger partial charge in [-0.15, -0.1) is 0 Å². The molecule has 1 rings (SSSR count). The zero-order valence-corrected chi connectivity index (χ0v) is 17.1. The number of hydrogen-bond acceptors (Lipinski definition) is 4. The van der Waals surface area contributed by atoms with Gasteiger partial charge in [-0.2, -0.15) is 0 Å². The second-order valence-electron chi connectivity index (χ2n) is 5.76. The molecular formula is C20H39N3O2. The number of piperidine rings is 1. The molecule has 5 nitrogen and oxygen atoms in total. The van der Waals surface area contributed by atoms with E-state index in [0.717, 1.165) is 25.9 Å². The summed E-state index contributed by atoms with van der Waals surface area (Å²) in [6.07, 6.45) is 8.10. The van der Waals surface area contributed by atoms with Gasteiger partial charge >= 0.3 is 0 Å². The summed E-state index contributed by atoms with van der Waals surface area (Å²) >= 11 is 0. The summed E-state index contributed by atoms with van der Waals surface area (Å²) < 4.78 is 4.91. The number of hydrogen-bond donors (Lipinski definition) is 2. The second kappa shape index (κ2) is 17.2. The zero-order valence-electron chi connectivity index (χ0n) is 17.1. The van der Waals surface area contributed by atoms with Crippen molar-refractivity contribution in [2.45, 2.75) is 53.0 Å². The number of ether oxygens (including phenoxy) is 1. The molecule has 0 aromatic rings. The Morgan fingerprint density at radius 3 is 2.24 bits per heavy atom. The quantitative estimate of drug-likeness (QED) is 0.568. The Hall–Kier alpha value is -1.59. The van der Waals surface area contributed by atoms with Gasteiger partial charge in [-0.25, -0.2) is 0 Å². The van der Waals surface area contributed by atoms with E-state index in [4.69, 9.17) is 10.5 Å². The van der Waals surface area contributed by atoms with Gasteiger partial charge in [-0.05, 0) is 45.1 Å². The summed E-state index contributed by atoms with van der Waals surface area (Å²) in [5.41, 5.74) is 6.79. The fourth-order valence-electron chi connectivity index (χ4n) is 2.07. The molecule has 1 amide bonds. The van der Waals surface area contributed by atoms with Crippen LogP contribution in [-0.4, -0.2) is 50.7 Å². The van der Waals surface area contributed by atoms with E-state index in [2.05, 4.69) is 37.7 Å².